The molecule has 2 aliphatic heterocycles. The SMILES string of the molecule is C=CC(C)(C)O[C@H](C)[C@@H]1NC(=O)[C@H](C)NC(=O)[C@H](CC(C)C)NC(=O)[C@H]([C@@H](C)OC(C)(C)C=C)NC(=O)[C@H]2CSC(=N2)[C@H]([C@@H](C)CC)NC1=O. The van der Waals surface area contributed by atoms with E-state index in [-0.39, 0.29) is 24.0 Å². The summed E-state index contributed by atoms with van der Waals surface area (Å²) < 4.78 is 12.3. The predicted molar refractivity (Wildman–Crippen MR) is 198 cm³/mol. The highest BCUT2D eigenvalue weighted by molar-refractivity contribution is 8.14. The number of carbonyl (C=O) groups is 5. The summed E-state index contributed by atoms with van der Waals surface area (Å²) in [4.78, 5) is 73.7. The van der Waals surface area contributed by atoms with Crippen LogP contribution in [0.25, 0.3) is 0 Å². The van der Waals surface area contributed by atoms with Crippen LogP contribution in [0.15, 0.2) is 30.3 Å². The minimum atomic E-state index is -1.19. The van der Waals surface area contributed by atoms with Gasteiger partial charge in [-0.05, 0) is 66.7 Å². The molecule has 5 amide bonds. The monoisotopic (exact) mass is 720 g/mol. The average molecular weight is 721 g/mol. The van der Waals surface area contributed by atoms with Gasteiger partial charge in [-0.15, -0.1) is 24.9 Å². The minimum absolute atomic E-state index is 0.0181. The van der Waals surface area contributed by atoms with Gasteiger partial charge in [-0.3, -0.25) is 29.0 Å². The van der Waals surface area contributed by atoms with Crippen LogP contribution in [0.2, 0.25) is 0 Å². The van der Waals surface area contributed by atoms with Gasteiger partial charge in [0.05, 0.1) is 34.5 Å². The highest BCUT2D eigenvalue weighted by Crippen LogP contribution is 2.26. The molecule has 0 aliphatic carbocycles. The van der Waals surface area contributed by atoms with Gasteiger partial charge in [-0.1, -0.05) is 46.3 Å². The molecule has 14 heteroatoms. The Labute approximate surface area is 302 Å². The van der Waals surface area contributed by atoms with Gasteiger partial charge >= 0.3 is 0 Å². The smallest absolute Gasteiger partial charge is 0.246 e. The second-order valence-corrected chi connectivity index (χ2v) is 15.9. The van der Waals surface area contributed by atoms with E-state index in [1.54, 1.807) is 53.7 Å². The number of aliphatic imine (C=N–C) groups is 1. The Morgan fingerprint density at radius 1 is 0.760 bits per heavy atom. The van der Waals surface area contributed by atoms with Gasteiger partial charge in [0.15, 0.2) is 0 Å². The van der Waals surface area contributed by atoms with E-state index in [4.69, 9.17) is 14.5 Å². The van der Waals surface area contributed by atoms with E-state index in [1.165, 1.54) is 18.7 Å². The molecule has 9 atom stereocenters. The van der Waals surface area contributed by atoms with Crippen molar-refractivity contribution in [3.05, 3.63) is 25.3 Å². The third-order valence-corrected chi connectivity index (χ3v) is 10.0. The van der Waals surface area contributed by atoms with Crippen molar-refractivity contribution < 1.29 is 33.4 Å². The van der Waals surface area contributed by atoms with Crippen LogP contribution in [-0.4, -0.2) is 100.0 Å². The fourth-order valence-electron chi connectivity index (χ4n) is 5.48. The molecule has 50 heavy (non-hydrogen) atoms. The highest BCUT2D eigenvalue weighted by Gasteiger charge is 2.40. The van der Waals surface area contributed by atoms with Gasteiger partial charge in [0.1, 0.15) is 30.2 Å². The van der Waals surface area contributed by atoms with Gasteiger partial charge < -0.3 is 36.1 Å². The van der Waals surface area contributed by atoms with E-state index >= 15 is 0 Å². The number of carbonyl (C=O) groups excluding carboxylic acids is 5. The predicted octanol–water partition coefficient (Wildman–Crippen LogP) is 2.79. The zero-order valence-electron chi connectivity index (χ0n) is 31.7. The molecule has 0 fully saturated rings. The zero-order valence-corrected chi connectivity index (χ0v) is 32.5. The molecule has 282 valence electrons. The van der Waals surface area contributed by atoms with E-state index in [0.29, 0.717) is 11.5 Å². The van der Waals surface area contributed by atoms with Crippen LogP contribution < -0.4 is 26.6 Å². The lowest BCUT2D eigenvalue weighted by Crippen LogP contribution is -2.62. The molecule has 2 bridgehead atoms. The number of hydrogen-bond acceptors (Lipinski definition) is 9. The number of amides is 5. The first-order valence-corrected chi connectivity index (χ1v) is 18.5. The summed E-state index contributed by atoms with van der Waals surface area (Å²) in [7, 11) is 0. The Kier molecular flexibility index (Phi) is 15.7. The number of thioether (sulfide) groups is 1. The number of fused-ring (bicyclic) bond motifs is 1. The first kappa shape index (κ1) is 42.9. The van der Waals surface area contributed by atoms with Crippen molar-refractivity contribution in [2.75, 3.05) is 5.75 Å². The van der Waals surface area contributed by atoms with Gasteiger partial charge in [0.25, 0.3) is 0 Å². The van der Waals surface area contributed by atoms with Crippen molar-refractivity contribution in [3.8, 4) is 0 Å². The number of rotatable bonds is 12. The molecule has 2 heterocycles. The Hall–Kier alpha value is -3.23. The van der Waals surface area contributed by atoms with E-state index in [9.17, 15) is 24.0 Å². The topological polar surface area (TPSA) is 176 Å². The second-order valence-electron chi connectivity index (χ2n) is 14.8. The summed E-state index contributed by atoms with van der Waals surface area (Å²) >= 11 is 1.35. The van der Waals surface area contributed by atoms with Crippen LogP contribution in [0.3, 0.4) is 0 Å². The molecule has 13 nitrogen and oxygen atoms in total. The number of nitrogens with one attached hydrogen (secondary N) is 5. The van der Waals surface area contributed by atoms with Crippen molar-refractivity contribution in [1.29, 1.82) is 0 Å². The molecule has 0 aromatic rings. The third kappa shape index (κ3) is 12.2. The largest absolute Gasteiger partial charge is 0.366 e. The van der Waals surface area contributed by atoms with E-state index in [0.717, 1.165) is 0 Å². The lowest BCUT2D eigenvalue weighted by Gasteiger charge is -2.34. The minimum Gasteiger partial charge on any atom is -0.366 e. The maximum absolute atomic E-state index is 14.0. The molecule has 0 saturated heterocycles. The van der Waals surface area contributed by atoms with Crippen LogP contribution in [0.1, 0.15) is 89.0 Å². The van der Waals surface area contributed by atoms with Crippen LogP contribution in [0.5, 0.6) is 0 Å². The Morgan fingerprint density at radius 2 is 1.24 bits per heavy atom. The first-order valence-electron chi connectivity index (χ1n) is 17.5. The molecule has 2 rings (SSSR count). The molecule has 0 radical (unpaired) electrons. The Morgan fingerprint density at radius 3 is 1.72 bits per heavy atom. The lowest BCUT2D eigenvalue weighted by atomic mass is 9.98. The third-order valence-electron chi connectivity index (χ3n) is 8.91. The fourth-order valence-corrected chi connectivity index (χ4v) is 6.70. The Bertz CT molecular complexity index is 1300. The molecular formula is C36H60N6O7S. The number of ether oxygens (including phenoxy) is 2. The van der Waals surface area contributed by atoms with Crippen molar-refractivity contribution in [2.45, 2.75) is 149 Å². The average Bonchev–Trinajstić information content (AvgIpc) is 3.52. The van der Waals surface area contributed by atoms with Crippen LogP contribution in [-0.2, 0) is 33.4 Å². The van der Waals surface area contributed by atoms with Crippen LogP contribution >= 0.6 is 11.8 Å². The van der Waals surface area contributed by atoms with Crippen molar-refractivity contribution in [3.63, 3.8) is 0 Å². The molecule has 2 aliphatic rings. The number of nitrogens with zero attached hydrogens (tertiary/aromatic N) is 1. The van der Waals surface area contributed by atoms with E-state index < -0.39 is 89.2 Å². The molecule has 0 spiro atoms. The van der Waals surface area contributed by atoms with Gasteiger partial charge in [-0.25, -0.2) is 0 Å². The fraction of sp³-hybridized carbons (Fsp3) is 0.722. The summed E-state index contributed by atoms with van der Waals surface area (Å²) in [6.07, 6.45) is 2.49. The summed E-state index contributed by atoms with van der Waals surface area (Å²) in [5.74, 6) is -2.66. The van der Waals surface area contributed by atoms with Crippen molar-refractivity contribution in [2.24, 2.45) is 16.8 Å². The zero-order chi connectivity index (χ0) is 38.1. The quantitative estimate of drug-likeness (QED) is 0.191. The second kappa shape index (κ2) is 18.3. The van der Waals surface area contributed by atoms with E-state index in [1.807, 2.05) is 27.7 Å². The number of hydrogen-bond donors (Lipinski definition) is 5. The highest BCUT2D eigenvalue weighted by atomic mass is 32.2. The first-order chi connectivity index (χ1) is 23.1. The molecule has 0 unspecified atom stereocenters. The van der Waals surface area contributed by atoms with Crippen LogP contribution in [0, 0.1) is 11.8 Å². The van der Waals surface area contributed by atoms with E-state index in [2.05, 4.69) is 39.7 Å². The summed E-state index contributed by atoms with van der Waals surface area (Å²) in [5, 5.41) is 14.7. The standard InChI is InChI=1S/C36H60N6O7S/c1-14-20(6)26-34-39-25(18-50-34)31(45)42-27(22(8)48-35(10,11)15-2)32(46)38-24(17-19(4)5)30(44)37-21(7)29(43)41-28(33(47)40-26)23(9)49-36(12,13)16-3/h15-16,19-28H,2-3,14,17-18H2,1,4-13H3,(H,37,44)(H,38,46)(H,40,47)(H,41,43)(H,42,45)/t20-,21-,22+,23+,24-,25+,26-,27-,28-/m0/s1. The molecule has 0 aromatic carbocycles. The normalized spacial score (nSPS) is 28.1. The van der Waals surface area contributed by atoms with Crippen LogP contribution in [0.4, 0.5) is 0 Å². The summed E-state index contributed by atoms with van der Waals surface area (Å²) in [5.41, 5.74) is -1.64. The molecule has 5 N–H and O–H groups in total. The summed E-state index contributed by atoms with van der Waals surface area (Å²) in [6.45, 7) is 27.3. The van der Waals surface area contributed by atoms with Crippen molar-refractivity contribution >= 4 is 46.3 Å². The maximum atomic E-state index is 14.0. The molecular weight excluding hydrogens is 660 g/mol. The molecule has 0 saturated carbocycles. The molecule has 0 aromatic heterocycles. The maximum Gasteiger partial charge on any atom is 0.246 e. The van der Waals surface area contributed by atoms with Crippen molar-refractivity contribution in [1.82, 2.24) is 26.6 Å². The Balaban J connectivity index is 2.66. The lowest BCUT2D eigenvalue weighted by molar-refractivity contribution is -0.139. The summed E-state index contributed by atoms with van der Waals surface area (Å²) in [6, 6.07) is -5.92. The van der Waals surface area contributed by atoms with Gasteiger partial charge in [0, 0.05) is 5.75 Å². The van der Waals surface area contributed by atoms with Gasteiger partial charge in [-0.2, -0.15) is 0 Å². The van der Waals surface area contributed by atoms with Gasteiger partial charge in [0.2, 0.25) is 29.5 Å².